The normalized spacial score (nSPS) is 18.6. The first-order valence-electron chi connectivity index (χ1n) is 9.32. The first-order chi connectivity index (χ1) is 13.6. The molecular formula is C23H22ClF3O3. The lowest BCUT2D eigenvalue weighted by atomic mass is 9.81. The van der Waals surface area contributed by atoms with Gasteiger partial charge in [0.15, 0.2) is 5.78 Å². The van der Waals surface area contributed by atoms with E-state index in [1.54, 1.807) is 52.8 Å². The topological polar surface area (TPSA) is 46.5 Å². The van der Waals surface area contributed by atoms with E-state index in [2.05, 4.69) is 0 Å². The number of aliphatic hydroxyl groups excluding tert-OH is 1. The van der Waals surface area contributed by atoms with Gasteiger partial charge in [-0.2, -0.15) is 13.2 Å². The molecule has 30 heavy (non-hydrogen) atoms. The molecule has 0 amide bonds. The van der Waals surface area contributed by atoms with Gasteiger partial charge in [-0.25, -0.2) is 0 Å². The molecule has 1 aliphatic rings. The zero-order valence-corrected chi connectivity index (χ0v) is 18.0. The molecule has 160 valence electrons. The lowest BCUT2D eigenvalue weighted by Crippen LogP contribution is -2.49. The van der Waals surface area contributed by atoms with Gasteiger partial charge in [-0.05, 0) is 75.1 Å². The number of carbonyl (C=O) groups is 1. The number of aryl methyl sites for hydroxylation is 1. The Hall–Kier alpha value is -2.31. The summed E-state index contributed by atoms with van der Waals surface area (Å²) in [4.78, 5) is 13.1. The molecule has 1 heterocycles. The van der Waals surface area contributed by atoms with Crippen LogP contribution in [0.3, 0.4) is 0 Å². The Morgan fingerprint density at radius 3 is 2.13 bits per heavy atom. The average Bonchev–Trinajstić information content (AvgIpc) is 2.61. The monoisotopic (exact) mass is 438 g/mol. The smallest absolute Gasteiger partial charge is 0.417 e. The fraction of sp³-hybridized carbons (Fsp3) is 0.348. The van der Waals surface area contributed by atoms with Crippen LogP contribution in [0.2, 0.25) is 5.02 Å². The van der Waals surface area contributed by atoms with Crippen LogP contribution in [0.25, 0.3) is 16.7 Å². The van der Waals surface area contributed by atoms with Crippen molar-refractivity contribution in [1.82, 2.24) is 0 Å². The quantitative estimate of drug-likeness (QED) is 0.563. The second-order valence-electron chi connectivity index (χ2n) is 8.40. The zero-order chi connectivity index (χ0) is 22.6. The van der Waals surface area contributed by atoms with Crippen LogP contribution in [0.1, 0.15) is 44.4 Å². The fourth-order valence-corrected chi connectivity index (χ4v) is 3.91. The van der Waals surface area contributed by atoms with Crippen molar-refractivity contribution in [3.05, 3.63) is 63.9 Å². The minimum absolute atomic E-state index is 0.112. The summed E-state index contributed by atoms with van der Waals surface area (Å²) in [6, 6.07) is 8.64. The summed E-state index contributed by atoms with van der Waals surface area (Å²) in [5, 5.41) is 10.4. The van der Waals surface area contributed by atoms with Crippen LogP contribution in [0.5, 0.6) is 0 Å². The number of halogens is 4. The SMILES string of the molecule is Cc1ccc(-c2ccc(Cl)c(C(F)(F)F)c2)cc1C1=C(O)C(C)(C)OC(C)(C)C1=O. The summed E-state index contributed by atoms with van der Waals surface area (Å²) in [5.41, 5.74) is -1.18. The van der Waals surface area contributed by atoms with Crippen LogP contribution >= 0.6 is 11.6 Å². The predicted molar refractivity (Wildman–Crippen MR) is 110 cm³/mol. The fourth-order valence-electron chi connectivity index (χ4n) is 3.69. The third-order valence-corrected chi connectivity index (χ3v) is 5.53. The van der Waals surface area contributed by atoms with Crippen LogP contribution in [-0.4, -0.2) is 22.1 Å². The zero-order valence-electron chi connectivity index (χ0n) is 17.2. The Balaban J connectivity index is 2.22. The number of Topliss-reactive ketones (excluding diaryl/α,β-unsaturated/α-hetero) is 1. The van der Waals surface area contributed by atoms with Gasteiger partial charge in [0.05, 0.1) is 16.2 Å². The molecule has 0 unspecified atom stereocenters. The van der Waals surface area contributed by atoms with E-state index in [0.29, 0.717) is 22.3 Å². The summed E-state index contributed by atoms with van der Waals surface area (Å²) in [6.45, 7) is 8.33. The van der Waals surface area contributed by atoms with Crippen molar-refractivity contribution < 1.29 is 27.8 Å². The highest BCUT2D eigenvalue weighted by molar-refractivity contribution is 6.31. The van der Waals surface area contributed by atoms with Crippen LogP contribution in [0.15, 0.2) is 42.2 Å². The molecule has 1 aliphatic heterocycles. The number of carbonyl (C=O) groups excluding carboxylic acids is 1. The van der Waals surface area contributed by atoms with E-state index in [-0.39, 0.29) is 16.4 Å². The van der Waals surface area contributed by atoms with Gasteiger partial charge in [0, 0.05) is 0 Å². The van der Waals surface area contributed by atoms with Crippen LogP contribution < -0.4 is 0 Å². The average molecular weight is 439 g/mol. The van der Waals surface area contributed by atoms with Gasteiger partial charge in [0.1, 0.15) is 17.0 Å². The highest BCUT2D eigenvalue weighted by atomic mass is 35.5. The predicted octanol–water partition coefficient (Wildman–Crippen LogP) is 6.76. The van der Waals surface area contributed by atoms with Gasteiger partial charge in [0.25, 0.3) is 0 Å². The van der Waals surface area contributed by atoms with E-state index >= 15 is 0 Å². The summed E-state index contributed by atoms with van der Waals surface area (Å²) >= 11 is 5.73. The van der Waals surface area contributed by atoms with Crippen molar-refractivity contribution >= 4 is 23.0 Å². The molecule has 2 aromatic rings. The van der Waals surface area contributed by atoms with Crippen molar-refractivity contribution in [3.63, 3.8) is 0 Å². The molecule has 0 saturated carbocycles. The van der Waals surface area contributed by atoms with Crippen LogP contribution in [-0.2, 0) is 15.7 Å². The lowest BCUT2D eigenvalue weighted by molar-refractivity contribution is -0.158. The Morgan fingerprint density at radius 2 is 1.53 bits per heavy atom. The maximum atomic E-state index is 13.3. The van der Waals surface area contributed by atoms with E-state index in [0.717, 1.165) is 6.07 Å². The van der Waals surface area contributed by atoms with E-state index in [1.807, 2.05) is 0 Å². The van der Waals surface area contributed by atoms with Gasteiger partial charge >= 0.3 is 6.18 Å². The number of rotatable bonds is 2. The molecule has 3 nitrogen and oxygen atoms in total. The number of hydrogen-bond donors (Lipinski definition) is 1. The maximum Gasteiger partial charge on any atom is 0.417 e. The first kappa shape index (κ1) is 22.4. The Bertz CT molecular complexity index is 1070. The van der Waals surface area contributed by atoms with E-state index in [9.17, 15) is 23.1 Å². The van der Waals surface area contributed by atoms with E-state index in [1.165, 1.54) is 12.1 Å². The van der Waals surface area contributed by atoms with Gasteiger partial charge < -0.3 is 9.84 Å². The molecule has 1 N–H and O–H groups in total. The second-order valence-corrected chi connectivity index (χ2v) is 8.80. The van der Waals surface area contributed by atoms with Gasteiger partial charge in [-0.15, -0.1) is 0 Å². The molecule has 0 radical (unpaired) electrons. The molecule has 0 aromatic heterocycles. The summed E-state index contributed by atoms with van der Waals surface area (Å²) < 4.78 is 45.6. The lowest BCUT2D eigenvalue weighted by Gasteiger charge is -2.40. The van der Waals surface area contributed by atoms with Crippen molar-refractivity contribution in [2.24, 2.45) is 0 Å². The van der Waals surface area contributed by atoms with Gasteiger partial charge in [-0.3, -0.25) is 4.79 Å². The third-order valence-electron chi connectivity index (χ3n) is 5.20. The number of ether oxygens (including phenoxy) is 1. The molecule has 2 aromatic carbocycles. The highest BCUT2D eigenvalue weighted by Gasteiger charge is 2.47. The standard InChI is InChI=1S/C23H22ClF3O3/c1-12-6-7-13(14-8-9-17(24)16(11-14)23(25,26)27)10-15(12)18-19(28)21(2,3)30-22(4,5)20(18)29/h6-11,28H,1-5H3. The van der Waals surface area contributed by atoms with Gasteiger partial charge in [-0.1, -0.05) is 29.8 Å². The van der Waals surface area contributed by atoms with Crippen LogP contribution in [0.4, 0.5) is 13.2 Å². The maximum absolute atomic E-state index is 13.3. The van der Waals surface area contributed by atoms with Crippen molar-refractivity contribution in [2.75, 3.05) is 0 Å². The minimum atomic E-state index is -4.59. The van der Waals surface area contributed by atoms with E-state index < -0.39 is 28.7 Å². The number of aliphatic hydroxyl groups is 1. The highest BCUT2D eigenvalue weighted by Crippen LogP contribution is 2.42. The van der Waals surface area contributed by atoms with E-state index in [4.69, 9.17) is 16.3 Å². The molecule has 0 atom stereocenters. The molecule has 0 aliphatic carbocycles. The van der Waals surface area contributed by atoms with Crippen molar-refractivity contribution in [3.8, 4) is 11.1 Å². The molecule has 0 bridgehead atoms. The third kappa shape index (κ3) is 3.86. The molecule has 0 fully saturated rings. The number of ketones is 1. The van der Waals surface area contributed by atoms with Gasteiger partial charge in [0.2, 0.25) is 0 Å². The summed E-state index contributed by atoms with van der Waals surface area (Å²) in [6.07, 6.45) is -4.59. The minimum Gasteiger partial charge on any atom is -0.508 e. The number of hydrogen-bond acceptors (Lipinski definition) is 3. The Morgan fingerprint density at radius 1 is 0.967 bits per heavy atom. The van der Waals surface area contributed by atoms with Crippen molar-refractivity contribution in [2.45, 2.75) is 52.0 Å². The van der Waals surface area contributed by atoms with Crippen LogP contribution in [0, 0.1) is 6.92 Å². The Kier molecular flexibility index (Phi) is 5.32. The first-order valence-corrected chi connectivity index (χ1v) is 9.70. The molecular weight excluding hydrogens is 417 g/mol. The molecule has 0 saturated heterocycles. The number of benzene rings is 2. The number of alkyl halides is 3. The molecule has 0 spiro atoms. The summed E-state index contributed by atoms with van der Waals surface area (Å²) in [7, 11) is 0. The molecule has 7 heteroatoms. The largest absolute Gasteiger partial charge is 0.508 e. The van der Waals surface area contributed by atoms with Crippen molar-refractivity contribution in [1.29, 1.82) is 0 Å². The Labute approximate surface area is 178 Å². The molecule has 3 rings (SSSR count). The summed E-state index contributed by atoms with van der Waals surface area (Å²) in [5.74, 6) is -0.606. The second kappa shape index (κ2) is 7.13.